The second kappa shape index (κ2) is 7.22. The van der Waals surface area contributed by atoms with E-state index in [1.807, 2.05) is 60.7 Å². The molecular formula is C22H19ClN2O. The Morgan fingerprint density at radius 1 is 0.962 bits per heavy atom. The maximum absolute atomic E-state index is 6.15. The minimum absolute atomic E-state index is 0.415. The van der Waals surface area contributed by atoms with Gasteiger partial charge in [-0.15, -0.1) is 0 Å². The van der Waals surface area contributed by atoms with E-state index in [9.17, 15) is 0 Å². The number of aryl methyl sites for hydroxylation is 1. The van der Waals surface area contributed by atoms with Crippen molar-refractivity contribution in [3.63, 3.8) is 0 Å². The van der Waals surface area contributed by atoms with E-state index in [1.165, 1.54) is 5.56 Å². The van der Waals surface area contributed by atoms with Crippen LogP contribution < -0.4 is 4.74 Å². The van der Waals surface area contributed by atoms with E-state index in [-0.39, 0.29) is 0 Å². The van der Waals surface area contributed by atoms with Crippen LogP contribution in [0.15, 0.2) is 72.8 Å². The van der Waals surface area contributed by atoms with Crippen molar-refractivity contribution in [2.75, 3.05) is 0 Å². The van der Waals surface area contributed by atoms with Crippen LogP contribution >= 0.6 is 11.6 Å². The molecule has 0 fully saturated rings. The van der Waals surface area contributed by atoms with Crippen LogP contribution in [0.3, 0.4) is 0 Å². The molecule has 0 aliphatic rings. The van der Waals surface area contributed by atoms with Crippen LogP contribution in [0.1, 0.15) is 17.0 Å². The fourth-order valence-electron chi connectivity index (χ4n) is 3.01. The number of benzene rings is 3. The minimum Gasteiger partial charge on any atom is -0.486 e. The molecule has 0 saturated carbocycles. The van der Waals surface area contributed by atoms with Gasteiger partial charge >= 0.3 is 0 Å². The van der Waals surface area contributed by atoms with Crippen molar-refractivity contribution in [2.24, 2.45) is 0 Å². The van der Waals surface area contributed by atoms with Gasteiger partial charge in [0.15, 0.2) is 0 Å². The first-order chi connectivity index (χ1) is 12.7. The molecule has 0 unspecified atom stereocenters. The Morgan fingerprint density at radius 2 is 1.77 bits per heavy atom. The van der Waals surface area contributed by atoms with Gasteiger partial charge in [-0.3, -0.25) is 0 Å². The molecule has 4 aromatic rings. The average molecular weight is 363 g/mol. The number of fused-ring (bicyclic) bond motifs is 1. The Labute approximate surface area is 157 Å². The van der Waals surface area contributed by atoms with Crippen LogP contribution in [0.2, 0.25) is 5.02 Å². The van der Waals surface area contributed by atoms with E-state index in [2.05, 4.69) is 23.6 Å². The molecule has 0 atom stereocenters. The van der Waals surface area contributed by atoms with E-state index >= 15 is 0 Å². The highest BCUT2D eigenvalue weighted by atomic mass is 35.5. The van der Waals surface area contributed by atoms with Crippen molar-refractivity contribution in [1.29, 1.82) is 0 Å². The zero-order chi connectivity index (χ0) is 17.9. The van der Waals surface area contributed by atoms with Gasteiger partial charge in [0, 0.05) is 11.6 Å². The van der Waals surface area contributed by atoms with Gasteiger partial charge in [0.1, 0.15) is 18.2 Å². The molecule has 0 amide bonds. The number of aromatic nitrogens is 2. The molecule has 26 heavy (non-hydrogen) atoms. The maximum atomic E-state index is 6.15. The number of hydrogen-bond acceptors (Lipinski definition) is 2. The van der Waals surface area contributed by atoms with Crippen LogP contribution in [0.5, 0.6) is 5.75 Å². The molecule has 0 N–H and O–H groups in total. The summed E-state index contributed by atoms with van der Waals surface area (Å²) in [6.07, 6.45) is 0. The lowest BCUT2D eigenvalue weighted by atomic mass is 10.2. The van der Waals surface area contributed by atoms with E-state index in [0.717, 1.165) is 33.2 Å². The number of rotatable bonds is 5. The van der Waals surface area contributed by atoms with Crippen LogP contribution in [0, 0.1) is 6.92 Å². The van der Waals surface area contributed by atoms with Crippen molar-refractivity contribution >= 4 is 22.6 Å². The fraction of sp³-hybridized carbons (Fsp3) is 0.136. The highest BCUT2D eigenvalue weighted by Crippen LogP contribution is 2.21. The minimum atomic E-state index is 0.415. The summed E-state index contributed by atoms with van der Waals surface area (Å²) in [4.78, 5) is 4.77. The van der Waals surface area contributed by atoms with E-state index < -0.39 is 0 Å². The molecule has 3 aromatic carbocycles. The molecule has 0 aliphatic carbocycles. The SMILES string of the molecule is Cc1ccc(OCc2nc3ccccc3n2Cc2cccc(Cl)c2)cc1. The van der Waals surface area contributed by atoms with E-state index in [1.54, 1.807) is 0 Å². The van der Waals surface area contributed by atoms with Gasteiger partial charge in [-0.05, 0) is 48.9 Å². The summed E-state index contributed by atoms with van der Waals surface area (Å²) >= 11 is 6.15. The first-order valence-electron chi connectivity index (χ1n) is 8.57. The first kappa shape index (κ1) is 16.7. The lowest BCUT2D eigenvalue weighted by molar-refractivity contribution is 0.291. The number of ether oxygens (including phenoxy) is 1. The largest absolute Gasteiger partial charge is 0.486 e. The smallest absolute Gasteiger partial charge is 0.148 e. The van der Waals surface area contributed by atoms with Crippen molar-refractivity contribution < 1.29 is 4.74 Å². The third-order valence-corrected chi connectivity index (χ3v) is 4.59. The summed E-state index contributed by atoms with van der Waals surface area (Å²) in [5.41, 5.74) is 4.41. The molecule has 0 radical (unpaired) electrons. The number of halogens is 1. The Balaban J connectivity index is 1.65. The van der Waals surface area contributed by atoms with Gasteiger partial charge < -0.3 is 9.30 Å². The van der Waals surface area contributed by atoms with Crippen molar-refractivity contribution in [3.05, 3.63) is 94.8 Å². The molecule has 4 heteroatoms. The Hall–Kier alpha value is -2.78. The van der Waals surface area contributed by atoms with Crippen LogP contribution in [-0.2, 0) is 13.2 Å². The normalized spacial score (nSPS) is 11.0. The van der Waals surface area contributed by atoms with Crippen LogP contribution in [-0.4, -0.2) is 9.55 Å². The molecule has 3 nitrogen and oxygen atoms in total. The average Bonchev–Trinajstić information content (AvgIpc) is 2.99. The Morgan fingerprint density at radius 3 is 2.58 bits per heavy atom. The molecule has 4 rings (SSSR count). The number of hydrogen-bond donors (Lipinski definition) is 0. The molecule has 1 heterocycles. The van der Waals surface area contributed by atoms with Gasteiger partial charge in [-0.2, -0.15) is 0 Å². The standard InChI is InChI=1S/C22H19ClN2O/c1-16-9-11-19(12-10-16)26-15-22-24-20-7-2-3-8-21(20)25(22)14-17-5-4-6-18(23)13-17/h2-13H,14-15H2,1H3. The number of imidazole rings is 1. The highest BCUT2D eigenvalue weighted by molar-refractivity contribution is 6.30. The summed E-state index contributed by atoms with van der Waals surface area (Å²) in [6, 6.07) is 24.1. The van der Waals surface area contributed by atoms with Gasteiger partial charge in [0.05, 0.1) is 11.0 Å². The zero-order valence-electron chi connectivity index (χ0n) is 14.5. The van der Waals surface area contributed by atoms with Crippen molar-refractivity contribution in [2.45, 2.75) is 20.1 Å². The Bertz CT molecular complexity index is 1040. The fourth-order valence-corrected chi connectivity index (χ4v) is 3.23. The maximum Gasteiger partial charge on any atom is 0.148 e. The lowest BCUT2D eigenvalue weighted by Crippen LogP contribution is -2.08. The van der Waals surface area contributed by atoms with Crippen molar-refractivity contribution in [1.82, 2.24) is 9.55 Å². The molecule has 1 aromatic heterocycles. The van der Waals surface area contributed by atoms with E-state index in [0.29, 0.717) is 13.2 Å². The monoisotopic (exact) mass is 362 g/mol. The summed E-state index contributed by atoms with van der Waals surface area (Å²) in [5.74, 6) is 1.74. The van der Waals surface area contributed by atoms with Gasteiger partial charge in [0.25, 0.3) is 0 Å². The van der Waals surface area contributed by atoms with Gasteiger partial charge in [0.2, 0.25) is 0 Å². The first-order valence-corrected chi connectivity index (χ1v) is 8.95. The van der Waals surface area contributed by atoms with Gasteiger partial charge in [-0.1, -0.05) is 53.6 Å². The van der Waals surface area contributed by atoms with Crippen LogP contribution in [0.4, 0.5) is 0 Å². The van der Waals surface area contributed by atoms with Gasteiger partial charge in [-0.25, -0.2) is 4.98 Å². The van der Waals surface area contributed by atoms with Crippen molar-refractivity contribution in [3.8, 4) is 5.75 Å². The molecule has 130 valence electrons. The zero-order valence-corrected chi connectivity index (χ0v) is 15.3. The molecule has 0 bridgehead atoms. The predicted molar refractivity (Wildman–Crippen MR) is 106 cm³/mol. The summed E-state index contributed by atoms with van der Waals surface area (Å²) in [5, 5.41) is 0.740. The summed E-state index contributed by atoms with van der Waals surface area (Å²) in [6.45, 7) is 3.18. The molecular weight excluding hydrogens is 344 g/mol. The molecule has 0 spiro atoms. The second-order valence-electron chi connectivity index (χ2n) is 6.33. The second-order valence-corrected chi connectivity index (χ2v) is 6.77. The molecule has 0 aliphatic heterocycles. The summed E-state index contributed by atoms with van der Waals surface area (Å²) < 4.78 is 8.16. The third kappa shape index (κ3) is 3.58. The highest BCUT2D eigenvalue weighted by Gasteiger charge is 2.12. The lowest BCUT2D eigenvalue weighted by Gasteiger charge is -2.11. The summed E-state index contributed by atoms with van der Waals surface area (Å²) in [7, 11) is 0. The third-order valence-electron chi connectivity index (χ3n) is 4.35. The van der Waals surface area contributed by atoms with E-state index in [4.69, 9.17) is 21.3 Å². The quantitative estimate of drug-likeness (QED) is 0.460. The molecule has 0 saturated heterocycles. The topological polar surface area (TPSA) is 27.1 Å². The Kier molecular flexibility index (Phi) is 4.63. The van der Waals surface area contributed by atoms with Crippen LogP contribution in [0.25, 0.3) is 11.0 Å². The number of para-hydroxylation sites is 2. The predicted octanol–water partition coefficient (Wildman–Crippen LogP) is 5.63. The number of nitrogens with zero attached hydrogens (tertiary/aromatic N) is 2.